The van der Waals surface area contributed by atoms with Crippen molar-refractivity contribution in [2.75, 3.05) is 32.7 Å². The number of carbonyl (C=O) groups excluding carboxylic acids is 2. The fourth-order valence-corrected chi connectivity index (χ4v) is 4.01. The van der Waals surface area contributed by atoms with Crippen LogP contribution in [0.4, 0.5) is 0 Å². The minimum Gasteiger partial charge on any atom is -0.340 e. The quantitative estimate of drug-likeness (QED) is 0.793. The zero-order valence-electron chi connectivity index (χ0n) is 13.8. The topological polar surface area (TPSA) is 43.9 Å². The van der Waals surface area contributed by atoms with Gasteiger partial charge >= 0.3 is 0 Å². The Hall–Kier alpha value is -1.10. The molecule has 0 aromatic heterocycles. The average Bonchev–Trinajstić information content (AvgIpc) is 2.84. The second-order valence-corrected chi connectivity index (χ2v) is 6.90. The molecule has 0 N–H and O–H groups in total. The van der Waals surface area contributed by atoms with Crippen LogP contribution in [0.2, 0.25) is 0 Å². The van der Waals surface area contributed by atoms with E-state index in [0.29, 0.717) is 6.42 Å². The number of nitrogens with zero attached hydrogens (tertiary/aromatic N) is 3. The van der Waals surface area contributed by atoms with Gasteiger partial charge in [0.2, 0.25) is 11.8 Å². The van der Waals surface area contributed by atoms with Crippen LogP contribution in [0, 0.1) is 0 Å². The van der Waals surface area contributed by atoms with Crippen molar-refractivity contribution in [3.05, 3.63) is 0 Å². The molecular weight excluding hydrogens is 278 g/mol. The van der Waals surface area contributed by atoms with Crippen LogP contribution in [0.15, 0.2) is 0 Å². The summed E-state index contributed by atoms with van der Waals surface area (Å²) in [6.07, 6.45) is 7.39. The Kier molecular flexibility index (Phi) is 5.01. The van der Waals surface area contributed by atoms with E-state index < -0.39 is 0 Å². The molecule has 22 heavy (non-hydrogen) atoms. The van der Waals surface area contributed by atoms with Gasteiger partial charge in [-0.05, 0) is 32.1 Å². The third-order valence-corrected chi connectivity index (χ3v) is 5.59. The van der Waals surface area contributed by atoms with Gasteiger partial charge in [0.05, 0.1) is 0 Å². The molecule has 0 aromatic rings. The van der Waals surface area contributed by atoms with Gasteiger partial charge in [-0.3, -0.25) is 14.5 Å². The highest BCUT2D eigenvalue weighted by Gasteiger charge is 2.36. The molecule has 3 fully saturated rings. The lowest BCUT2D eigenvalue weighted by atomic mass is 9.91. The van der Waals surface area contributed by atoms with Gasteiger partial charge in [0.25, 0.3) is 0 Å². The molecule has 5 nitrogen and oxygen atoms in total. The predicted octanol–water partition coefficient (Wildman–Crippen LogP) is 1.47. The van der Waals surface area contributed by atoms with E-state index >= 15 is 0 Å². The van der Waals surface area contributed by atoms with Crippen LogP contribution in [0.5, 0.6) is 0 Å². The molecule has 2 amide bonds. The maximum absolute atomic E-state index is 12.9. The third-order valence-electron chi connectivity index (χ3n) is 5.59. The molecule has 5 heteroatoms. The van der Waals surface area contributed by atoms with Crippen molar-refractivity contribution in [3.63, 3.8) is 0 Å². The summed E-state index contributed by atoms with van der Waals surface area (Å²) in [5, 5.41) is 0. The van der Waals surface area contributed by atoms with Crippen molar-refractivity contribution in [2.24, 2.45) is 0 Å². The Labute approximate surface area is 133 Å². The summed E-state index contributed by atoms with van der Waals surface area (Å²) < 4.78 is 0. The molecule has 0 bridgehead atoms. The molecular formula is C17H29N3O2. The van der Waals surface area contributed by atoms with E-state index in [4.69, 9.17) is 0 Å². The smallest absolute Gasteiger partial charge is 0.245 e. The molecule has 0 aromatic carbocycles. The van der Waals surface area contributed by atoms with E-state index in [-0.39, 0.29) is 17.9 Å². The standard InChI is InChI=1S/C17H29N3O2/c1-2-16(21)20-11-4-8-15(20)17(22)19-10-5-9-18(12-13-19)14-6-3-7-14/h14-15H,2-13H2,1H3/t15-/m1/s1. The summed E-state index contributed by atoms with van der Waals surface area (Å²) in [5.41, 5.74) is 0. The van der Waals surface area contributed by atoms with Crippen molar-refractivity contribution in [1.82, 2.24) is 14.7 Å². The number of hydrogen-bond acceptors (Lipinski definition) is 3. The van der Waals surface area contributed by atoms with E-state index in [9.17, 15) is 9.59 Å². The molecule has 0 radical (unpaired) electrons. The van der Waals surface area contributed by atoms with Crippen molar-refractivity contribution in [3.8, 4) is 0 Å². The van der Waals surface area contributed by atoms with Crippen LogP contribution < -0.4 is 0 Å². The van der Waals surface area contributed by atoms with Crippen molar-refractivity contribution in [2.45, 2.75) is 64.0 Å². The third kappa shape index (κ3) is 3.14. The van der Waals surface area contributed by atoms with Gasteiger partial charge in [-0.2, -0.15) is 0 Å². The second kappa shape index (κ2) is 6.99. The molecule has 3 aliphatic rings. The molecule has 124 valence electrons. The number of carbonyl (C=O) groups is 2. The number of likely N-dealkylation sites (tertiary alicyclic amines) is 1. The Balaban J connectivity index is 1.58. The van der Waals surface area contributed by atoms with Gasteiger partial charge in [-0.25, -0.2) is 0 Å². The first-order valence-corrected chi connectivity index (χ1v) is 9.03. The first-order chi connectivity index (χ1) is 10.7. The molecule has 1 aliphatic carbocycles. The summed E-state index contributed by atoms with van der Waals surface area (Å²) >= 11 is 0. The summed E-state index contributed by atoms with van der Waals surface area (Å²) in [6.45, 7) is 6.45. The Morgan fingerprint density at radius 2 is 1.73 bits per heavy atom. The van der Waals surface area contributed by atoms with E-state index in [1.807, 2.05) is 16.7 Å². The molecule has 2 saturated heterocycles. The van der Waals surface area contributed by atoms with Gasteiger partial charge < -0.3 is 9.80 Å². The number of amides is 2. The first-order valence-electron chi connectivity index (χ1n) is 9.03. The molecule has 0 spiro atoms. The SMILES string of the molecule is CCC(=O)N1CCC[C@@H]1C(=O)N1CCCN(C2CCC2)CC1. The maximum atomic E-state index is 12.9. The second-order valence-electron chi connectivity index (χ2n) is 6.90. The van der Waals surface area contributed by atoms with Crippen LogP contribution in [0.1, 0.15) is 51.9 Å². The van der Waals surface area contributed by atoms with Crippen molar-refractivity contribution < 1.29 is 9.59 Å². The van der Waals surface area contributed by atoms with Gasteiger partial charge in [0.1, 0.15) is 6.04 Å². The monoisotopic (exact) mass is 307 g/mol. The fraction of sp³-hybridized carbons (Fsp3) is 0.882. The highest BCUT2D eigenvalue weighted by molar-refractivity contribution is 5.88. The number of rotatable bonds is 3. The lowest BCUT2D eigenvalue weighted by Crippen LogP contribution is -2.49. The fourth-order valence-electron chi connectivity index (χ4n) is 4.01. The summed E-state index contributed by atoms with van der Waals surface area (Å²) in [4.78, 5) is 31.3. The minimum absolute atomic E-state index is 0.127. The molecule has 2 heterocycles. The summed E-state index contributed by atoms with van der Waals surface area (Å²) in [7, 11) is 0. The van der Waals surface area contributed by atoms with Gasteiger partial charge in [0.15, 0.2) is 0 Å². The average molecular weight is 307 g/mol. The van der Waals surface area contributed by atoms with Crippen LogP contribution in [0.3, 0.4) is 0 Å². The zero-order valence-corrected chi connectivity index (χ0v) is 13.8. The molecule has 2 aliphatic heterocycles. The van der Waals surface area contributed by atoms with E-state index in [1.165, 1.54) is 19.3 Å². The summed E-state index contributed by atoms with van der Waals surface area (Å²) in [5.74, 6) is 0.316. The maximum Gasteiger partial charge on any atom is 0.245 e. The Morgan fingerprint density at radius 1 is 0.909 bits per heavy atom. The van der Waals surface area contributed by atoms with Crippen LogP contribution in [-0.4, -0.2) is 71.3 Å². The Morgan fingerprint density at radius 3 is 2.41 bits per heavy atom. The molecule has 3 rings (SSSR count). The highest BCUT2D eigenvalue weighted by atomic mass is 16.2. The lowest BCUT2D eigenvalue weighted by Gasteiger charge is -2.37. The van der Waals surface area contributed by atoms with Crippen LogP contribution in [0.25, 0.3) is 0 Å². The van der Waals surface area contributed by atoms with Gasteiger partial charge in [0, 0.05) is 45.2 Å². The lowest BCUT2D eigenvalue weighted by molar-refractivity contribution is -0.143. The summed E-state index contributed by atoms with van der Waals surface area (Å²) in [6, 6.07) is 0.572. The van der Waals surface area contributed by atoms with Crippen molar-refractivity contribution >= 4 is 11.8 Å². The number of hydrogen-bond donors (Lipinski definition) is 0. The first kappa shape index (κ1) is 15.8. The molecule has 1 saturated carbocycles. The molecule has 0 unspecified atom stereocenters. The van der Waals surface area contributed by atoms with E-state index in [2.05, 4.69) is 4.90 Å². The van der Waals surface area contributed by atoms with Crippen molar-refractivity contribution in [1.29, 1.82) is 0 Å². The van der Waals surface area contributed by atoms with E-state index in [0.717, 1.165) is 58.0 Å². The zero-order chi connectivity index (χ0) is 15.5. The predicted molar refractivity (Wildman–Crippen MR) is 85.4 cm³/mol. The normalized spacial score (nSPS) is 27.6. The Bertz CT molecular complexity index is 422. The van der Waals surface area contributed by atoms with E-state index in [1.54, 1.807) is 0 Å². The van der Waals surface area contributed by atoms with Gasteiger partial charge in [-0.1, -0.05) is 13.3 Å². The highest BCUT2D eigenvalue weighted by Crippen LogP contribution is 2.26. The van der Waals surface area contributed by atoms with Crippen LogP contribution in [-0.2, 0) is 9.59 Å². The minimum atomic E-state index is -0.192. The molecule has 1 atom stereocenters. The largest absolute Gasteiger partial charge is 0.340 e. The van der Waals surface area contributed by atoms with Crippen LogP contribution >= 0.6 is 0 Å². The van der Waals surface area contributed by atoms with Gasteiger partial charge in [-0.15, -0.1) is 0 Å².